The van der Waals surface area contributed by atoms with Gasteiger partial charge in [0.15, 0.2) is 0 Å². The highest BCUT2D eigenvalue weighted by molar-refractivity contribution is 9.09. The molecule has 0 radical (unpaired) electrons. The van der Waals surface area contributed by atoms with E-state index >= 15 is 0 Å². The molecule has 96 valence electrons. The van der Waals surface area contributed by atoms with Gasteiger partial charge in [-0.2, -0.15) is 0 Å². The summed E-state index contributed by atoms with van der Waals surface area (Å²) in [6.45, 7) is 12.2. The molecule has 0 saturated carbocycles. The van der Waals surface area contributed by atoms with Crippen molar-refractivity contribution in [2.75, 3.05) is 18.4 Å². The Morgan fingerprint density at radius 1 is 1.25 bits per heavy atom. The predicted octanol–water partition coefficient (Wildman–Crippen LogP) is 4.16. The van der Waals surface area contributed by atoms with Crippen molar-refractivity contribution in [3.8, 4) is 0 Å². The van der Waals surface area contributed by atoms with Gasteiger partial charge in [-0.15, -0.1) is 0 Å². The average molecular weight is 290 g/mol. The normalized spacial score (nSPS) is 33.9. The number of likely N-dealkylation sites (tertiary alicyclic amines) is 1. The molecule has 0 bridgehead atoms. The number of hydrogen-bond donors (Lipinski definition) is 0. The van der Waals surface area contributed by atoms with Crippen molar-refractivity contribution in [3.63, 3.8) is 0 Å². The lowest BCUT2D eigenvalue weighted by Crippen LogP contribution is -2.46. The standard InChI is InChI=1S/C14H28BrN/c1-11(5-7-15)6-8-16-10-12(2)9-13(3)14(16)4/h11-14H,5-10H2,1-4H3. The minimum atomic E-state index is 0.785. The van der Waals surface area contributed by atoms with Crippen LogP contribution in [0.3, 0.4) is 0 Å². The van der Waals surface area contributed by atoms with Crippen molar-refractivity contribution in [1.29, 1.82) is 0 Å². The molecule has 0 aliphatic carbocycles. The Bertz CT molecular complexity index is 195. The third kappa shape index (κ3) is 4.37. The van der Waals surface area contributed by atoms with Crippen LogP contribution in [0.4, 0.5) is 0 Å². The fourth-order valence-corrected chi connectivity index (χ4v) is 3.63. The third-order valence-electron chi connectivity index (χ3n) is 4.23. The molecule has 4 atom stereocenters. The summed E-state index contributed by atoms with van der Waals surface area (Å²) >= 11 is 3.53. The van der Waals surface area contributed by atoms with E-state index in [1.54, 1.807) is 0 Å². The van der Waals surface area contributed by atoms with Gasteiger partial charge in [0, 0.05) is 17.9 Å². The van der Waals surface area contributed by atoms with E-state index < -0.39 is 0 Å². The van der Waals surface area contributed by atoms with Gasteiger partial charge in [0.25, 0.3) is 0 Å². The first kappa shape index (κ1) is 14.5. The Kier molecular flexibility index (Phi) is 6.35. The second-order valence-corrected chi connectivity index (χ2v) is 6.72. The van der Waals surface area contributed by atoms with Gasteiger partial charge < -0.3 is 4.90 Å². The maximum atomic E-state index is 3.53. The highest BCUT2D eigenvalue weighted by Crippen LogP contribution is 2.27. The van der Waals surface area contributed by atoms with E-state index in [-0.39, 0.29) is 0 Å². The van der Waals surface area contributed by atoms with E-state index in [9.17, 15) is 0 Å². The molecule has 1 aliphatic heterocycles. The Balaban J connectivity index is 2.34. The average Bonchev–Trinajstić information content (AvgIpc) is 2.21. The minimum Gasteiger partial charge on any atom is -0.300 e. The van der Waals surface area contributed by atoms with Gasteiger partial charge >= 0.3 is 0 Å². The molecule has 1 saturated heterocycles. The van der Waals surface area contributed by atoms with Crippen molar-refractivity contribution >= 4 is 15.9 Å². The number of hydrogen-bond acceptors (Lipinski definition) is 1. The summed E-state index contributed by atoms with van der Waals surface area (Å²) in [6, 6.07) is 0.785. The molecule has 0 aromatic rings. The molecule has 4 unspecified atom stereocenters. The zero-order valence-corrected chi connectivity index (χ0v) is 13.0. The first-order valence-corrected chi connectivity index (χ1v) is 7.96. The topological polar surface area (TPSA) is 3.24 Å². The zero-order valence-electron chi connectivity index (χ0n) is 11.4. The molecule has 1 fully saturated rings. The lowest BCUT2D eigenvalue weighted by molar-refractivity contribution is 0.0747. The van der Waals surface area contributed by atoms with Crippen LogP contribution in [0.1, 0.15) is 47.0 Å². The molecule has 1 nitrogen and oxygen atoms in total. The molecule has 1 heterocycles. The quantitative estimate of drug-likeness (QED) is 0.687. The van der Waals surface area contributed by atoms with E-state index in [1.165, 1.54) is 32.4 Å². The maximum Gasteiger partial charge on any atom is 0.00927 e. The summed E-state index contributed by atoms with van der Waals surface area (Å²) in [5.74, 6) is 2.62. The highest BCUT2D eigenvalue weighted by Gasteiger charge is 2.28. The lowest BCUT2D eigenvalue weighted by atomic mass is 9.85. The van der Waals surface area contributed by atoms with Crippen molar-refractivity contribution in [3.05, 3.63) is 0 Å². The minimum absolute atomic E-state index is 0.785. The van der Waals surface area contributed by atoms with Gasteiger partial charge in [0.1, 0.15) is 0 Å². The molecule has 0 aromatic heterocycles. The molecule has 0 aromatic carbocycles. The van der Waals surface area contributed by atoms with Crippen LogP contribution in [0.25, 0.3) is 0 Å². The fourth-order valence-electron chi connectivity index (χ4n) is 2.84. The Labute approximate surface area is 110 Å². The largest absolute Gasteiger partial charge is 0.300 e. The summed E-state index contributed by atoms with van der Waals surface area (Å²) in [4.78, 5) is 2.71. The Morgan fingerprint density at radius 3 is 2.56 bits per heavy atom. The van der Waals surface area contributed by atoms with E-state index in [1.807, 2.05) is 0 Å². The van der Waals surface area contributed by atoms with Crippen LogP contribution in [0.15, 0.2) is 0 Å². The van der Waals surface area contributed by atoms with Crippen LogP contribution in [-0.4, -0.2) is 29.4 Å². The van der Waals surface area contributed by atoms with Gasteiger partial charge in [0.2, 0.25) is 0 Å². The van der Waals surface area contributed by atoms with Crippen LogP contribution in [0.2, 0.25) is 0 Å². The number of halogens is 1. The molecule has 0 spiro atoms. The fraction of sp³-hybridized carbons (Fsp3) is 1.00. The van der Waals surface area contributed by atoms with Gasteiger partial charge in [0.05, 0.1) is 0 Å². The predicted molar refractivity (Wildman–Crippen MR) is 76.2 cm³/mol. The van der Waals surface area contributed by atoms with E-state index in [2.05, 4.69) is 48.5 Å². The van der Waals surface area contributed by atoms with Crippen molar-refractivity contribution in [1.82, 2.24) is 4.90 Å². The van der Waals surface area contributed by atoms with Crippen molar-refractivity contribution in [2.24, 2.45) is 17.8 Å². The van der Waals surface area contributed by atoms with E-state index in [0.29, 0.717) is 0 Å². The molecule has 2 heteroatoms. The Morgan fingerprint density at radius 2 is 1.94 bits per heavy atom. The second-order valence-electron chi connectivity index (χ2n) is 5.93. The van der Waals surface area contributed by atoms with Gasteiger partial charge in [-0.05, 0) is 50.5 Å². The second kappa shape index (κ2) is 7.00. The van der Waals surface area contributed by atoms with E-state index in [4.69, 9.17) is 0 Å². The zero-order chi connectivity index (χ0) is 12.1. The summed E-state index contributed by atoms with van der Waals surface area (Å²) < 4.78 is 0. The number of rotatable bonds is 5. The Hall–Kier alpha value is 0.440. The molecule has 1 rings (SSSR count). The molecular weight excluding hydrogens is 262 g/mol. The van der Waals surface area contributed by atoms with Crippen molar-refractivity contribution in [2.45, 2.75) is 53.0 Å². The highest BCUT2D eigenvalue weighted by atomic mass is 79.9. The number of nitrogens with zero attached hydrogens (tertiary/aromatic N) is 1. The molecule has 0 N–H and O–H groups in total. The van der Waals surface area contributed by atoms with Crippen LogP contribution in [0.5, 0.6) is 0 Å². The van der Waals surface area contributed by atoms with Crippen LogP contribution >= 0.6 is 15.9 Å². The summed E-state index contributed by atoms with van der Waals surface area (Å²) in [7, 11) is 0. The van der Waals surface area contributed by atoms with Crippen LogP contribution in [0, 0.1) is 17.8 Å². The smallest absolute Gasteiger partial charge is 0.00927 e. The number of piperidine rings is 1. The lowest BCUT2D eigenvalue weighted by Gasteiger charge is -2.41. The molecule has 0 amide bonds. The van der Waals surface area contributed by atoms with Gasteiger partial charge in [-0.25, -0.2) is 0 Å². The first-order chi connectivity index (χ1) is 7.54. The summed E-state index contributed by atoms with van der Waals surface area (Å²) in [5, 5.41) is 1.15. The molecule has 1 aliphatic rings. The van der Waals surface area contributed by atoms with Gasteiger partial charge in [-0.3, -0.25) is 0 Å². The van der Waals surface area contributed by atoms with Gasteiger partial charge in [-0.1, -0.05) is 36.7 Å². The van der Waals surface area contributed by atoms with Crippen LogP contribution in [-0.2, 0) is 0 Å². The summed E-state index contributed by atoms with van der Waals surface area (Å²) in [6.07, 6.45) is 4.08. The molecular formula is C14H28BrN. The van der Waals surface area contributed by atoms with Crippen molar-refractivity contribution < 1.29 is 0 Å². The first-order valence-electron chi connectivity index (χ1n) is 6.84. The van der Waals surface area contributed by atoms with E-state index in [0.717, 1.165) is 29.1 Å². The third-order valence-corrected chi connectivity index (χ3v) is 4.69. The monoisotopic (exact) mass is 289 g/mol. The molecule has 16 heavy (non-hydrogen) atoms. The SMILES string of the molecule is CC(CCBr)CCN1CC(C)CC(C)C1C. The number of alkyl halides is 1. The summed E-state index contributed by atoms with van der Waals surface area (Å²) in [5.41, 5.74) is 0. The van der Waals surface area contributed by atoms with Crippen LogP contribution < -0.4 is 0 Å². The maximum absolute atomic E-state index is 3.53.